The zero-order valence-corrected chi connectivity index (χ0v) is 38.1. The molecule has 0 saturated carbocycles. The molecule has 0 amide bonds. The van der Waals surface area contributed by atoms with Crippen LogP contribution < -0.4 is 5.11 Å². The smallest absolute Gasteiger partial charge is 0.306 e. The molecule has 0 aliphatic carbocycles. The van der Waals surface area contributed by atoms with Crippen molar-refractivity contribution in [1.29, 1.82) is 0 Å². The van der Waals surface area contributed by atoms with Gasteiger partial charge in [-0.15, -0.1) is 0 Å². The minimum Gasteiger partial charge on any atom is -0.545 e. The van der Waals surface area contributed by atoms with Crippen molar-refractivity contribution in [3.63, 3.8) is 0 Å². The summed E-state index contributed by atoms with van der Waals surface area (Å²) < 4.78 is 22.5. The van der Waals surface area contributed by atoms with E-state index in [0.29, 0.717) is 17.4 Å². The maximum absolute atomic E-state index is 12.7. The number of likely N-dealkylation sites (N-methyl/N-ethyl adjacent to an activating group) is 1. The number of esters is 2. The molecule has 0 bridgehead atoms. The number of nitrogens with zero attached hydrogens (tertiary/aromatic N) is 1. The van der Waals surface area contributed by atoms with Crippen LogP contribution in [0.15, 0.2) is 72.9 Å². The molecule has 0 aromatic carbocycles. The molecule has 0 heterocycles. The average Bonchev–Trinajstić information content (AvgIpc) is 3.19. The summed E-state index contributed by atoms with van der Waals surface area (Å²) in [5, 5.41) is 11.7. The highest BCUT2D eigenvalue weighted by atomic mass is 16.7. The molecule has 2 atom stereocenters. The lowest BCUT2D eigenvalue weighted by Crippen LogP contribution is -2.44. The van der Waals surface area contributed by atoms with Crippen LogP contribution in [-0.4, -0.2) is 82.3 Å². The SMILES string of the molecule is CC/C=C\C/C=C\C/C=C\C/C=C\C/C=C\C/C=C\CCCCC(=O)OC(COC(=O)CCCCCCCCCCCCCCC)COC(OCC[N+](C)(C)C)C(=O)[O-]. The van der Waals surface area contributed by atoms with Crippen molar-refractivity contribution in [2.45, 2.75) is 180 Å². The zero-order valence-electron chi connectivity index (χ0n) is 38.1. The molecular weight excluding hydrogens is 743 g/mol. The normalized spacial score (nSPS) is 13.6. The van der Waals surface area contributed by atoms with Gasteiger partial charge in [-0.25, -0.2) is 0 Å². The zero-order chi connectivity index (χ0) is 43.5. The number of aliphatic carboxylic acids is 1. The van der Waals surface area contributed by atoms with Gasteiger partial charge in [0, 0.05) is 12.8 Å². The number of carboxylic acid groups (broad SMARTS) is 1. The number of allylic oxidation sites excluding steroid dienone is 12. The van der Waals surface area contributed by atoms with E-state index in [-0.39, 0.29) is 38.6 Å². The fourth-order valence-corrected chi connectivity index (χ4v) is 5.89. The summed E-state index contributed by atoms with van der Waals surface area (Å²) >= 11 is 0. The van der Waals surface area contributed by atoms with Crippen LogP contribution in [-0.2, 0) is 33.3 Å². The molecule has 9 nitrogen and oxygen atoms in total. The second kappa shape index (κ2) is 41.5. The van der Waals surface area contributed by atoms with E-state index >= 15 is 0 Å². The molecule has 0 radical (unpaired) electrons. The lowest BCUT2D eigenvalue weighted by Gasteiger charge is -2.26. The van der Waals surface area contributed by atoms with E-state index < -0.39 is 24.3 Å². The van der Waals surface area contributed by atoms with Gasteiger partial charge in [0.25, 0.3) is 0 Å². The van der Waals surface area contributed by atoms with E-state index in [1.54, 1.807) is 0 Å². The number of carbonyl (C=O) groups excluding carboxylic acids is 3. The molecule has 2 unspecified atom stereocenters. The highest BCUT2D eigenvalue weighted by molar-refractivity contribution is 5.70. The van der Waals surface area contributed by atoms with Crippen LogP contribution in [0.2, 0.25) is 0 Å². The molecule has 59 heavy (non-hydrogen) atoms. The fourth-order valence-electron chi connectivity index (χ4n) is 5.89. The summed E-state index contributed by atoms with van der Waals surface area (Å²) in [7, 11) is 5.89. The first-order valence-electron chi connectivity index (χ1n) is 23.1. The van der Waals surface area contributed by atoms with Crippen molar-refractivity contribution in [3.05, 3.63) is 72.9 Å². The van der Waals surface area contributed by atoms with Gasteiger partial charge in [-0.2, -0.15) is 0 Å². The summed E-state index contributed by atoms with van der Waals surface area (Å²) in [6, 6.07) is 0. The first-order valence-corrected chi connectivity index (χ1v) is 23.1. The molecular formula is C50H85NO8. The molecule has 0 aliphatic heterocycles. The number of hydrogen-bond donors (Lipinski definition) is 0. The molecule has 0 saturated heterocycles. The third-order valence-electron chi connectivity index (χ3n) is 9.47. The lowest BCUT2D eigenvalue weighted by molar-refractivity contribution is -0.870. The molecule has 0 aliphatic rings. The molecule has 338 valence electrons. The second-order valence-corrected chi connectivity index (χ2v) is 16.3. The van der Waals surface area contributed by atoms with Crippen molar-refractivity contribution in [2.75, 3.05) is 47.5 Å². The molecule has 0 spiro atoms. The standard InChI is InChI=1S/C50H85NO8/c1-6-8-10-12-14-16-18-20-21-22-23-24-25-26-27-29-31-33-35-37-39-41-48(53)59-46(45-58-50(49(54)55)56-43-42-51(3,4)5)44-57-47(52)40-38-36-34-32-30-28-19-17-15-13-11-9-7-2/h8,10,14,16,20-21,23-24,26-27,31,33,46,50H,6-7,9,11-13,15,17-19,22,25,28-30,32,34-45H2,1-5H3/b10-8-,16-14-,21-20-,24-23-,27-26-,33-31-. The average molecular weight is 828 g/mol. The number of hydrogen-bond acceptors (Lipinski definition) is 8. The van der Waals surface area contributed by atoms with E-state index in [1.807, 2.05) is 21.1 Å². The topological polar surface area (TPSA) is 111 Å². The number of carboxylic acids is 1. The van der Waals surface area contributed by atoms with Crippen molar-refractivity contribution in [2.24, 2.45) is 0 Å². The van der Waals surface area contributed by atoms with Crippen LogP contribution >= 0.6 is 0 Å². The summed E-state index contributed by atoms with van der Waals surface area (Å²) in [4.78, 5) is 37.0. The molecule has 0 aromatic rings. The van der Waals surface area contributed by atoms with Gasteiger partial charge in [-0.05, 0) is 64.2 Å². The molecule has 0 rings (SSSR count). The van der Waals surface area contributed by atoms with Gasteiger partial charge in [0.2, 0.25) is 0 Å². The third-order valence-corrected chi connectivity index (χ3v) is 9.47. The van der Waals surface area contributed by atoms with Gasteiger partial charge in [0.15, 0.2) is 12.4 Å². The molecule has 0 aromatic heterocycles. The molecule has 9 heteroatoms. The molecule has 0 fully saturated rings. The predicted octanol–water partition coefficient (Wildman–Crippen LogP) is 11.0. The Morgan fingerprint density at radius 2 is 0.966 bits per heavy atom. The monoisotopic (exact) mass is 828 g/mol. The Morgan fingerprint density at radius 3 is 1.44 bits per heavy atom. The summed E-state index contributed by atoms with van der Waals surface area (Å²) in [6.45, 7) is 4.56. The highest BCUT2D eigenvalue weighted by Crippen LogP contribution is 2.14. The first-order chi connectivity index (χ1) is 28.6. The van der Waals surface area contributed by atoms with Crippen LogP contribution in [0.3, 0.4) is 0 Å². The van der Waals surface area contributed by atoms with E-state index in [9.17, 15) is 19.5 Å². The number of quaternary nitrogens is 1. The van der Waals surface area contributed by atoms with E-state index in [0.717, 1.165) is 70.6 Å². The van der Waals surface area contributed by atoms with Gasteiger partial charge in [-0.1, -0.05) is 164 Å². The number of ether oxygens (including phenoxy) is 4. The van der Waals surface area contributed by atoms with E-state index in [4.69, 9.17) is 18.9 Å². The van der Waals surface area contributed by atoms with Gasteiger partial charge in [0.05, 0.1) is 40.3 Å². The third kappa shape index (κ3) is 42.7. The minimum absolute atomic E-state index is 0.136. The highest BCUT2D eigenvalue weighted by Gasteiger charge is 2.21. The minimum atomic E-state index is -1.63. The van der Waals surface area contributed by atoms with Crippen molar-refractivity contribution < 1.29 is 42.9 Å². The Morgan fingerprint density at radius 1 is 0.525 bits per heavy atom. The van der Waals surface area contributed by atoms with Crippen molar-refractivity contribution in [3.8, 4) is 0 Å². The summed E-state index contributed by atoms with van der Waals surface area (Å²) in [5.41, 5.74) is 0. The van der Waals surface area contributed by atoms with Crippen LogP contribution in [0.1, 0.15) is 168 Å². The Hall–Kier alpha value is -3.27. The molecule has 0 N–H and O–H groups in total. The Balaban J connectivity index is 4.52. The number of carbonyl (C=O) groups is 3. The predicted molar refractivity (Wildman–Crippen MR) is 241 cm³/mol. The van der Waals surface area contributed by atoms with Gasteiger partial charge in [0.1, 0.15) is 13.2 Å². The number of unbranched alkanes of at least 4 members (excludes halogenated alkanes) is 14. The van der Waals surface area contributed by atoms with Crippen LogP contribution in [0.4, 0.5) is 0 Å². The second-order valence-electron chi connectivity index (χ2n) is 16.3. The van der Waals surface area contributed by atoms with Gasteiger partial charge in [-0.3, -0.25) is 9.59 Å². The maximum atomic E-state index is 12.7. The lowest BCUT2D eigenvalue weighted by atomic mass is 10.0. The Bertz CT molecular complexity index is 1200. The first kappa shape index (κ1) is 55.7. The van der Waals surface area contributed by atoms with Crippen LogP contribution in [0.25, 0.3) is 0 Å². The van der Waals surface area contributed by atoms with Crippen molar-refractivity contribution in [1.82, 2.24) is 0 Å². The van der Waals surface area contributed by atoms with E-state index in [1.165, 1.54) is 64.2 Å². The Kier molecular flexibility index (Phi) is 39.2. The summed E-state index contributed by atoms with van der Waals surface area (Å²) in [5.74, 6) is -2.35. The largest absolute Gasteiger partial charge is 0.545 e. The van der Waals surface area contributed by atoms with Gasteiger partial charge >= 0.3 is 11.9 Å². The van der Waals surface area contributed by atoms with Gasteiger partial charge < -0.3 is 33.3 Å². The summed E-state index contributed by atoms with van der Waals surface area (Å²) in [6.07, 6.45) is 47.9. The quantitative estimate of drug-likeness (QED) is 0.0197. The maximum Gasteiger partial charge on any atom is 0.306 e. The Labute approximate surface area is 360 Å². The van der Waals surface area contributed by atoms with Crippen LogP contribution in [0, 0.1) is 0 Å². The van der Waals surface area contributed by atoms with Crippen LogP contribution in [0.5, 0.6) is 0 Å². The number of rotatable bonds is 41. The fraction of sp³-hybridized carbons (Fsp3) is 0.700. The van der Waals surface area contributed by atoms with E-state index in [2.05, 4.69) is 86.8 Å². The van der Waals surface area contributed by atoms with Crippen molar-refractivity contribution >= 4 is 17.9 Å².